The fourth-order valence-corrected chi connectivity index (χ4v) is 3.66. The highest BCUT2D eigenvalue weighted by atomic mass is 19.4. The van der Waals surface area contributed by atoms with Gasteiger partial charge in [0.05, 0.1) is 11.4 Å². The maximum Gasteiger partial charge on any atom is 0.433 e. The van der Waals surface area contributed by atoms with E-state index in [1.807, 2.05) is 30.3 Å². The Morgan fingerprint density at radius 3 is 2.59 bits per heavy atom. The minimum atomic E-state index is -4.71. The van der Waals surface area contributed by atoms with Crippen molar-refractivity contribution in [3.05, 3.63) is 65.4 Å². The number of amides is 2. The van der Waals surface area contributed by atoms with Crippen LogP contribution in [0.5, 0.6) is 0 Å². The number of carbonyl (C=O) groups is 2. The van der Waals surface area contributed by atoms with Gasteiger partial charge in [-0.05, 0) is 32.0 Å². The lowest BCUT2D eigenvalue weighted by atomic mass is 9.99. The van der Waals surface area contributed by atoms with E-state index in [2.05, 4.69) is 20.4 Å². The molecule has 1 N–H and O–H groups in total. The summed E-state index contributed by atoms with van der Waals surface area (Å²) in [6, 6.07) is 9.01. The number of rotatable bonds is 4. The Balaban J connectivity index is 1.65. The molecular formula is C21H19F3N6O2. The molecule has 0 saturated carbocycles. The molecule has 166 valence electrons. The summed E-state index contributed by atoms with van der Waals surface area (Å²) >= 11 is 0. The number of hydrogen-bond donors (Lipinski definition) is 1. The molecule has 0 bridgehead atoms. The minimum absolute atomic E-state index is 0.147. The molecule has 1 unspecified atom stereocenters. The standard InChI is InChI=1S/C21H19F3N6O2/c1-3-29-19-14(12(2)28-30(19)13-7-5-4-6-8-13)11-15(20(29)32)26-18(31)17-25-10-9-16(27-17)21(22,23)24/h4-10,15H,3,11H2,1-2H3,(H,26,31). The molecule has 0 saturated heterocycles. The second-order valence-electron chi connectivity index (χ2n) is 7.21. The lowest BCUT2D eigenvalue weighted by Crippen LogP contribution is -2.53. The molecule has 32 heavy (non-hydrogen) atoms. The van der Waals surface area contributed by atoms with Gasteiger partial charge in [0.25, 0.3) is 11.8 Å². The number of benzene rings is 1. The third-order valence-electron chi connectivity index (χ3n) is 5.16. The summed E-state index contributed by atoms with van der Waals surface area (Å²) in [5.41, 5.74) is 1.00. The number of hydrogen-bond acceptors (Lipinski definition) is 5. The fourth-order valence-electron chi connectivity index (χ4n) is 3.66. The predicted octanol–water partition coefficient (Wildman–Crippen LogP) is 2.70. The van der Waals surface area contributed by atoms with Crippen molar-refractivity contribution in [2.24, 2.45) is 0 Å². The van der Waals surface area contributed by atoms with Crippen LogP contribution in [0.4, 0.5) is 19.0 Å². The second-order valence-corrected chi connectivity index (χ2v) is 7.21. The number of nitrogens with one attached hydrogen (secondary N) is 1. The van der Waals surface area contributed by atoms with E-state index in [-0.39, 0.29) is 6.42 Å². The number of nitrogens with zero attached hydrogens (tertiary/aromatic N) is 5. The molecule has 0 fully saturated rings. The SMILES string of the molecule is CCN1C(=O)C(NC(=O)c2nccc(C(F)(F)F)n2)Cc2c(C)nn(-c3ccccc3)c21. The molecule has 3 aromatic rings. The van der Waals surface area contributed by atoms with Gasteiger partial charge < -0.3 is 5.32 Å². The lowest BCUT2D eigenvalue weighted by molar-refractivity contribution is -0.141. The van der Waals surface area contributed by atoms with Crippen LogP contribution in [-0.2, 0) is 17.4 Å². The molecule has 2 amide bonds. The van der Waals surface area contributed by atoms with Gasteiger partial charge in [-0.1, -0.05) is 18.2 Å². The second kappa shape index (κ2) is 8.06. The van der Waals surface area contributed by atoms with Gasteiger partial charge in [0.2, 0.25) is 5.82 Å². The Bertz CT molecular complexity index is 1180. The van der Waals surface area contributed by atoms with Crippen LogP contribution in [0, 0.1) is 6.92 Å². The molecule has 1 aliphatic rings. The first-order valence-corrected chi connectivity index (χ1v) is 9.87. The molecule has 1 aliphatic heterocycles. The molecule has 0 spiro atoms. The summed E-state index contributed by atoms with van der Waals surface area (Å²) in [5, 5.41) is 7.05. The Morgan fingerprint density at radius 1 is 1.22 bits per heavy atom. The number of aryl methyl sites for hydroxylation is 1. The Hall–Kier alpha value is -3.76. The lowest BCUT2D eigenvalue weighted by Gasteiger charge is -2.32. The Morgan fingerprint density at radius 2 is 1.94 bits per heavy atom. The van der Waals surface area contributed by atoms with Crippen molar-refractivity contribution >= 4 is 17.6 Å². The maximum absolute atomic E-state index is 13.2. The zero-order valence-electron chi connectivity index (χ0n) is 17.2. The van der Waals surface area contributed by atoms with E-state index >= 15 is 0 Å². The van der Waals surface area contributed by atoms with Crippen molar-refractivity contribution in [2.75, 3.05) is 11.4 Å². The number of likely N-dealkylation sites (N-methyl/N-ethyl adjacent to an activating group) is 1. The van der Waals surface area contributed by atoms with E-state index in [1.54, 1.807) is 18.5 Å². The van der Waals surface area contributed by atoms with Crippen molar-refractivity contribution in [1.82, 2.24) is 25.1 Å². The monoisotopic (exact) mass is 444 g/mol. The van der Waals surface area contributed by atoms with Crippen molar-refractivity contribution in [3.63, 3.8) is 0 Å². The number of aromatic nitrogens is 4. The summed E-state index contributed by atoms with van der Waals surface area (Å²) in [7, 11) is 0. The third kappa shape index (κ3) is 3.81. The molecule has 11 heteroatoms. The molecule has 8 nitrogen and oxygen atoms in total. The number of carbonyl (C=O) groups excluding carboxylic acids is 2. The van der Waals surface area contributed by atoms with Crippen molar-refractivity contribution in [3.8, 4) is 5.69 Å². The summed E-state index contributed by atoms with van der Waals surface area (Å²) in [6.45, 7) is 3.91. The average molecular weight is 444 g/mol. The van der Waals surface area contributed by atoms with Gasteiger partial charge in [-0.25, -0.2) is 14.6 Å². The third-order valence-corrected chi connectivity index (χ3v) is 5.16. The van der Waals surface area contributed by atoms with Gasteiger partial charge in [0.1, 0.15) is 17.6 Å². The van der Waals surface area contributed by atoms with Crippen LogP contribution in [0.15, 0.2) is 42.6 Å². The quantitative estimate of drug-likeness (QED) is 0.668. The zero-order chi connectivity index (χ0) is 23.0. The average Bonchev–Trinajstić information content (AvgIpc) is 3.10. The number of fused-ring (bicyclic) bond motifs is 1. The van der Waals surface area contributed by atoms with Gasteiger partial charge in [0, 0.05) is 24.7 Å². The van der Waals surface area contributed by atoms with Crippen molar-refractivity contribution < 1.29 is 22.8 Å². The van der Waals surface area contributed by atoms with Crippen LogP contribution in [-0.4, -0.2) is 44.1 Å². The van der Waals surface area contributed by atoms with Crippen LogP contribution in [0.25, 0.3) is 5.69 Å². The van der Waals surface area contributed by atoms with Crippen LogP contribution in [0.3, 0.4) is 0 Å². The number of para-hydroxylation sites is 1. The van der Waals surface area contributed by atoms with Gasteiger partial charge in [-0.3, -0.25) is 14.5 Å². The smallest absolute Gasteiger partial charge is 0.337 e. The maximum atomic E-state index is 13.2. The van der Waals surface area contributed by atoms with E-state index in [4.69, 9.17) is 0 Å². The minimum Gasteiger partial charge on any atom is -0.337 e. The number of halogens is 3. The topological polar surface area (TPSA) is 93.0 Å². The zero-order valence-corrected chi connectivity index (χ0v) is 17.2. The summed E-state index contributed by atoms with van der Waals surface area (Å²) in [4.78, 5) is 34.1. The first kappa shape index (κ1) is 21.5. The molecule has 0 aliphatic carbocycles. The highest BCUT2D eigenvalue weighted by molar-refractivity contribution is 6.03. The van der Waals surface area contributed by atoms with Crippen LogP contribution in [0.1, 0.15) is 34.5 Å². The van der Waals surface area contributed by atoms with Crippen LogP contribution >= 0.6 is 0 Å². The molecule has 0 radical (unpaired) electrons. The molecule has 1 atom stereocenters. The van der Waals surface area contributed by atoms with Crippen LogP contribution in [0.2, 0.25) is 0 Å². The highest BCUT2D eigenvalue weighted by Gasteiger charge is 2.38. The van der Waals surface area contributed by atoms with Gasteiger partial charge in [-0.15, -0.1) is 0 Å². The van der Waals surface area contributed by atoms with Crippen molar-refractivity contribution in [2.45, 2.75) is 32.5 Å². The first-order chi connectivity index (χ1) is 15.2. The molecule has 2 aromatic heterocycles. The highest BCUT2D eigenvalue weighted by Crippen LogP contribution is 2.33. The van der Waals surface area contributed by atoms with E-state index in [1.165, 1.54) is 4.90 Å². The first-order valence-electron chi connectivity index (χ1n) is 9.87. The largest absolute Gasteiger partial charge is 0.433 e. The summed E-state index contributed by atoms with van der Waals surface area (Å²) in [5.74, 6) is -1.39. The van der Waals surface area contributed by atoms with Crippen molar-refractivity contribution in [1.29, 1.82) is 0 Å². The van der Waals surface area contributed by atoms with E-state index in [0.717, 1.165) is 17.4 Å². The van der Waals surface area contributed by atoms with E-state index < -0.39 is 35.6 Å². The fraction of sp³-hybridized carbons (Fsp3) is 0.286. The van der Waals surface area contributed by atoms with Crippen LogP contribution < -0.4 is 10.2 Å². The predicted molar refractivity (Wildman–Crippen MR) is 108 cm³/mol. The number of anilines is 1. The summed E-state index contributed by atoms with van der Waals surface area (Å²) < 4.78 is 40.4. The van der Waals surface area contributed by atoms with Gasteiger partial charge in [-0.2, -0.15) is 18.3 Å². The van der Waals surface area contributed by atoms with E-state index in [0.29, 0.717) is 24.1 Å². The van der Waals surface area contributed by atoms with Gasteiger partial charge >= 0.3 is 6.18 Å². The van der Waals surface area contributed by atoms with Gasteiger partial charge in [0.15, 0.2) is 0 Å². The molecule has 3 heterocycles. The summed E-state index contributed by atoms with van der Waals surface area (Å²) in [6.07, 6.45) is -3.71. The number of alkyl halides is 3. The molecular weight excluding hydrogens is 425 g/mol. The molecule has 4 rings (SSSR count). The normalized spacial score (nSPS) is 16.1. The van der Waals surface area contributed by atoms with E-state index in [9.17, 15) is 22.8 Å². The Labute approximate surface area is 181 Å². The molecule has 1 aromatic carbocycles. The Kier molecular flexibility index (Phi) is 5.41.